The standard InChI is InChI=1S/C12H20INO2/c1-11(2,3)16-10(15)14-7-12(8-14)4-9(5-12)6-13/h9H,4-8H2,1-3H3. The maximum Gasteiger partial charge on any atom is 0.410 e. The number of carbonyl (C=O) groups is 1. The number of halogens is 1. The quantitative estimate of drug-likeness (QED) is 0.544. The summed E-state index contributed by atoms with van der Waals surface area (Å²) in [5, 5.41) is 0. The van der Waals surface area contributed by atoms with Crippen LogP contribution in [0.5, 0.6) is 0 Å². The normalized spacial score (nSPS) is 23.9. The predicted molar refractivity (Wildman–Crippen MR) is 71.9 cm³/mol. The van der Waals surface area contributed by atoms with Crippen molar-refractivity contribution in [1.29, 1.82) is 0 Å². The number of ether oxygens (including phenoxy) is 1. The fourth-order valence-corrected chi connectivity index (χ4v) is 3.37. The third-order valence-corrected chi connectivity index (χ3v) is 4.61. The van der Waals surface area contributed by atoms with Crippen LogP contribution >= 0.6 is 22.6 Å². The molecular formula is C12H20INO2. The number of hydrogen-bond donors (Lipinski definition) is 0. The molecule has 2 fully saturated rings. The molecule has 0 radical (unpaired) electrons. The van der Waals surface area contributed by atoms with Gasteiger partial charge in [-0.25, -0.2) is 4.79 Å². The van der Waals surface area contributed by atoms with E-state index in [2.05, 4.69) is 22.6 Å². The van der Waals surface area contributed by atoms with Gasteiger partial charge in [-0.2, -0.15) is 0 Å². The fraction of sp³-hybridized carbons (Fsp3) is 0.917. The first-order valence-electron chi connectivity index (χ1n) is 5.87. The van der Waals surface area contributed by atoms with Gasteiger partial charge >= 0.3 is 6.09 Å². The van der Waals surface area contributed by atoms with Gasteiger partial charge in [-0.3, -0.25) is 0 Å². The van der Waals surface area contributed by atoms with Crippen molar-refractivity contribution in [2.45, 2.75) is 39.2 Å². The van der Waals surface area contributed by atoms with Gasteiger partial charge in [-0.1, -0.05) is 22.6 Å². The van der Waals surface area contributed by atoms with Crippen LogP contribution < -0.4 is 0 Å². The topological polar surface area (TPSA) is 29.5 Å². The number of hydrogen-bond acceptors (Lipinski definition) is 2. The molecule has 0 bridgehead atoms. The highest BCUT2D eigenvalue weighted by Crippen LogP contribution is 2.52. The van der Waals surface area contributed by atoms with Crippen LogP contribution in [0.3, 0.4) is 0 Å². The van der Waals surface area contributed by atoms with Crippen molar-refractivity contribution in [2.75, 3.05) is 17.5 Å². The number of amides is 1. The molecule has 0 aromatic heterocycles. The summed E-state index contributed by atoms with van der Waals surface area (Å²) in [5.74, 6) is 0.890. The lowest BCUT2D eigenvalue weighted by molar-refractivity contribution is -0.0893. The molecule has 92 valence electrons. The second-order valence-electron chi connectivity index (χ2n) is 6.26. The second kappa shape index (κ2) is 4.03. The van der Waals surface area contributed by atoms with Crippen LogP contribution in [-0.2, 0) is 4.74 Å². The predicted octanol–water partition coefficient (Wildman–Crippen LogP) is 3.07. The van der Waals surface area contributed by atoms with Crippen molar-refractivity contribution in [3.63, 3.8) is 0 Å². The lowest BCUT2D eigenvalue weighted by Crippen LogP contribution is -2.64. The molecule has 1 aliphatic heterocycles. The minimum absolute atomic E-state index is 0.143. The molecule has 0 aromatic carbocycles. The molecule has 0 N–H and O–H groups in total. The first kappa shape index (κ1) is 12.5. The zero-order chi connectivity index (χ0) is 12.0. The Bertz CT molecular complexity index is 284. The zero-order valence-corrected chi connectivity index (χ0v) is 12.4. The molecule has 0 atom stereocenters. The van der Waals surface area contributed by atoms with Crippen LogP contribution in [-0.4, -0.2) is 34.1 Å². The van der Waals surface area contributed by atoms with Gasteiger partial charge in [0.1, 0.15) is 5.60 Å². The first-order valence-corrected chi connectivity index (χ1v) is 7.40. The third-order valence-electron chi connectivity index (χ3n) is 3.37. The van der Waals surface area contributed by atoms with Gasteiger partial charge in [-0.05, 0) is 39.5 Å². The first-order chi connectivity index (χ1) is 7.34. The summed E-state index contributed by atoms with van der Waals surface area (Å²) < 4.78 is 6.60. The van der Waals surface area contributed by atoms with Crippen LogP contribution in [0.4, 0.5) is 4.79 Å². The Hall–Kier alpha value is 0. The molecule has 1 heterocycles. The maximum absolute atomic E-state index is 11.7. The second-order valence-corrected chi connectivity index (χ2v) is 7.15. The van der Waals surface area contributed by atoms with E-state index in [1.165, 1.54) is 17.3 Å². The smallest absolute Gasteiger partial charge is 0.410 e. The number of nitrogens with zero attached hydrogens (tertiary/aromatic N) is 1. The van der Waals surface area contributed by atoms with Crippen LogP contribution in [0.1, 0.15) is 33.6 Å². The van der Waals surface area contributed by atoms with E-state index in [4.69, 9.17) is 4.74 Å². The molecule has 1 amide bonds. The molecule has 0 aromatic rings. The summed E-state index contributed by atoms with van der Waals surface area (Å²) in [6, 6.07) is 0. The molecule has 1 spiro atoms. The van der Waals surface area contributed by atoms with Gasteiger partial charge in [0.05, 0.1) is 0 Å². The van der Waals surface area contributed by atoms with Gasteiger partial charge in [0.2, 0.25) is 0 Å². The minimum atomic E-state index is -0.371. The largest absolute Gasteiger partial charge is 0.444 e. The average Bonchev–Trinajstić information content (AvgIpc) is 1.95. The van der Waals surface area contributed by atoms with E-state index < -0.39 is 0 Å². The molecular weight excluding hydrogens is 317 g/mol. The summed E-state index contributed by atoms with van der Waals surface area (Å²) in [4.78, 5) is 13.6. The minimum Gasteiger partial charge on any atom is -0.444 e. The average molecular weight is 337 g/mol. The summed E-state index contributed by atoms with van der Waals surface area (Å²) in [6.45, 7) is 7.56. The molecule has 4 heteroatoms. The lowest BCUT2D eigenvalue weighted by atomic mass is 9.58. The highest BCUT2D eigenvalue weighted by atomic mass is 127. The molecule has 1 saturated carbocycles. The Morgan fingerprint density at radius 3 is 2.44 bits per heavy atom. The third kappa shape index (κ3) is 2.46. The molecule has 2 aliphatic rings. The SMILES string of the molecule is CC(C)(C)OC(=O)N1CC2(CC(CI)C2)C1. The Kier molecular flexibility index (Phi) is 3.14. The summed E-state index contributed by atoms with van der Waals surface area (Å²) in [6.07, 6.45) is 2.46. The van der Waals surface area contributed by atoms with Crippen LogP contribution in [0.15, 0.2) is 0 Å². The van der Waals surface area contributed by atoms with E-state index in [0.29, 0.717) is 5.41 Å². The van der Waals surface area contributed by atoms with E-state index in [9.17, 15) is 4.79 Å². The summed E-state index contributed by atoms with van der Waals surface area (Å²) in [5.41, 5.74) is 0.0942. The van der Waals surface area contributed by atoms with Crippen molar-refractivity contribution in [2.24, 2.45) is 11.3 Å². The van der Waals surface area contributed by atoms with E-state index in [1.54, 1.807) is 0 Å². The lowest BCUT2D eigenvalue weighted by Gasteiger charge is -2.58. The number of carbonyl (C=O) groups excluding carboxylic acids is 1. The van der Waals surface area contributed by atoms with Crippen molar-refractivity contribution in [3.05, 3.63) is 0 Å². The molecule has 2 rings (SSSR count). The Labute approximate surface area is 111 Å². The number of likely N-dealkylation sites (tertiary alicyclic amines) is 1. The molecule has 1 saturated heterocycles. The molecule has 0 unspecified atom stereocenters. The summed E-state index contributed by atoms with van der Waals surface area (Å²) in [7, 11) is 0. The van der Waals surface area contributed by atoms with Crippen molar-refractivity contribution in [3.8, 4) is 0 Å². The summed E-state index contributed by atoms with van der Waals surface area (Å²) >= 11 is 2.45. The fourth-order valence-electron chi connectivity index (χ4n) is 2.75. The van der Waals surface area contributed by atoms with Gasteiger partial charge in [0.15, 0.2) is 0 Å². The molecule has 1 aliphatic carbocycles. The monoisotopic (exact) mass is 337 g/mol. The van der Waals surface area contributed by atoms with Crippen molar-refractivity contribution in [1.82, 2.24) is 4.90 Å². The Morgan fingerprint density at radius 2 is 2.00 bits per heavy atom. The van der Waals surface area contributed by atoms with E-state index in [-0.39, 0.29) is 11.7 Å². The van der Waals surface area contributed by atoms with Crippen molar-refractivity contribution < 1.29 is 9.53 Å². The Balaban J connectivity index is 1.75. The van der Waals surface area contributed by atoms with Gasteiger partial charge in [-0.15, -0.1) is 0 Å². The van der Waals surface area contributed by atoms with Crippen LogP contribution in [0.2, 0.25) is 0 Å². The van der Waals surface area contributed by atoms with E-state index in [0.717, 1.165) is 19.0 Å². The highest BCUT2D eigenvalue weighted by molar-refractivity contribution is 14.1. The van der Waals surface area contributed by atoms with Gasteiger partial charge in [0.25, 0.3) is 0 Å². The van der Waals surface area contributed by atoms with Crippen LogP contribution in [0.25, 0.3) is 0 Å². The molecule has 16 heavy (non-hydrogen) atoms. The maximum atomic E-state index is 11.7. The van der Waals surface area contributed by atoms with E-state index in [1.807, 2.05) is 25.7 Å². The number of alkyl halides is 1. The molecule has 3 nitrogen and oxygen atoms in total. The van der Waals surface area contributed by atoms with Crippen molar-refractivity contribution >= 4 is 28.7 Å². The highest BCUT2D eigenvalue weighted by Gasteiger charge is 2.53. The zero-order valence-electron chi connectivity index (χ0n) is 10.3. The van der Waals surface area contributed by atoms with Gasteiger partial charge in [0, 0.05) is 22.9 Å². The Morgan fingerprint density at radius 1 is 1.44 bits per heavy atom. The van der Waals surface area contributed by atoms with Crippen LogP contribution in [0, 0.1) is 11.3 Å². The van der Waals surface area contributed by atoms with E-state index >= 15 is 0 Å². The van der Waals surface area contributed by atoms with Gasteiger partial charge < -0.3 is 9.64 Å². The number of rotatable bonds is 1.